The fourth-order valence-corrected chi connectivity index (χ4v) is 6.05. The molecule has 0 N–H and O–H groups in total. The molecule has 0 aromatic heterocycles. The molecule has 0 spiro atoms. The summed E-state index contributed by atoms with van der Waals surface area (Å²) in [6, 6.07) is 10.3. The minimum atomic E-state index is -3.48. The zero-order chi connectivity index (χ0) is 12.9. The van der Waals surface area contributed by atoms with Gasteiger partial charge in [0.05, 0.1) is 0 Å². The molecule has 2 aromatic carbocycles. The first kappa shape index (κ1) is 12.7. The predicted octanol–water partition coefficient (Wildman–Crippen LogP) is 3.83. The van der Waals surface area contributed by atoms with Crippen LogP contribution in [0.3, 0.4) is 0 Å². The molecular weight excluding hydrogens is 478 g/mol. The Hall–Kier alpha value is -0.350. The van der Waals surface area contributed by atoms with E-state index >= 15 is 0 Å². The molecule has 2 aromatic rings. The standard InChI is InChI=1S/C12H6I2O3S/c13-7-5-8(14)12-10(6-7)17-9-3-1-2-4-11(9)18(12,15)16/h1-6H. The largest absolute Gasteiger partial charge is 0.455 e. The van der Waals surface area contributed by atoms with Crippen LogP contribution in [0.25, 0.3) is 0 Å². The maximum atomic E-state index is 12.5. The molecule has 1 aliphatic heterocycles. The van der Waals surface area contributed by atoms with Gasteiger partial charge in [0.1, 0.15) is 21.3 Å². The number of sulfone groups is 1. The molecule has 0 atom stereocenters. The fraction of sp³-hybridized carbons (Fsp3) is 0. The van der Waals surface area contributed by atoms with E-state index in [9.17, 15) is 8.42 Å². The van der Waals surface area contributed by atoms with E-state index in [1.54, 1.807) is 30.3 Å². The van der Waals surface area contributed by atoms with Crippen molar-refractivity contribution < 1.29 is 13.2 Å². The van der Waals surface area contributed by atoms with Crippen molar-refractivity contribution >= 4 is 55.0 Å². The van der Waals surface area contributed by atoms with E-state index in [2.05, 4.69) is 22.6 Å². The van der Waals surface area contributed by atoms with E-state index in [-0.39, 0.29) is 9.79 Å². The summed E-state index contributed by atoms with van der Waals surface area (Å²) in [7, 11) is -3.48. The van der Waals surface area contributed by atoms with E-state index in [0.29, 0.717) is 15.1 Å². The Labute approximate surface area is 132 Å². The molecule has 1 heterocycles. The monoisotopic (exact) mass is 484 g/mol. The van der Waals surface area contributed by atoms with E-state index in [1.807, 2.05) is 28.7 Å². The van der Waals surface area contributed by atoms with Gasteiger partial charge in [-0.25, -0.2) is 8.42 Å². The normalized spacial score (nSPS) is 15.4. The van der Waals surface area contributed by atoms with Crippen LogP contribution in [0.4, 0.5) is 0 Å². The quantitative estimate of drug-likeness (QED) is 0.456. The van der Waals surface area contributed by atoms with Crippen LogP contribution in [0.2, 0.25) is 0 Å². The highest BCUT2D eigenvalue weighted by atomic mass is 127. The lowest BCUT2D eigenvalue weighted by molar-refractivity contribution is 0.441. The number of fused-ring (bicyclic) bond motifs is 2. The highest BCUT2D eigenvalue weighted by molar-refractivity contribution is 14.1. The second kappa shape index (κ2) is 4.34. The zero-order valence-corrected chi connectivity index (χ0v) is 14.0. The van der Waals surface area contributed by atoms with E-state index in [0.717, 1.165) is 3.57 Å². The van der Waals surface area contributed by atoms with E-state index in [1.165, 1.54) is 0 Å². The third kappa shape index (κ3) is 1.85. The third-order valence-corrected chi connectivity index (χ3v) is 6.32. The van der Waals surface area contributed by atoms with Crippen molar-refractivity contribution in [2.24, 2.45) is 0 Å². The van der Waals surface area contributed by atoms with Crippen LogP contribution in [0.5, 0.6) is 11.5 Å². The highest BCUT2D eigenvalue weighted by Crippen LogP contribution is 2.44. The van der Waals surface area contributed by atoms with Crippen molar-refractivity contribution in [3.63, 3.8) is 0 Å². The molecule has 1 aliphatic rings. The second-order valence-electron chi connectivity index (χ2n) is 3.77. The van der Waals surface area contributed by atoms with Gasteiger partial charge in [-0.1, -0.05) is 12.1 Å². The molecule has 0 bridgehead atoms. The average molecular weight is 484 g/mol. The summed E-state index contributed by atoms with van der Waals surface area (Å²) < 4.78 is 32.4. The molecule has 0 unspecified atom stereocenters. The van der Waals surface area contributed by atoms with Gasteiger partial charge >= 0.3 is 0 Å². The first-order valence-electron chi connectivity index (χ1n) is 5.01. The molecule has 0 fully saturated rings. The molecule has 18 heavy (non-hydrogen) atoms. The summed E-state index contributed by atoms with van der Waals surface area (Å²) in [4.78, 5) is 0.499. The number of rotatable bonds is 0. The lowest BCUT2D eigenvalue weighted by Gasteiger charge is -2.21. The molecule has 3 nitrogen and oxygen atoms in total. The van der Waals surface area contributed by atoms with Gasteiger partial charge in [-0.05, 0) is 69.4 Å². The first-order chi connectivity index (χ1) is 8.50. The molecule has 0 amide bonds. The minimum absolute atomic E-state index is 0.233. The van der Waals surface area contributed by atoms with Gasteiger partial charge in [0.15, 0.2) is 0 Å². The minimum Gasteiger partial charge on any atom is -0.455 e. The Morgan fingerprint density at radius 3 is 2.50 bits per heavy atom. The summed E-state index contributed by atoms with van der Waals surface area (Å²) >= 11 is 4.17. The maximum Gasteiger partial charge on any atom is 0.215 e. The van der Waals surface area contributed by atoms with Crippen molar-refractivity contribution in [3.05, 3.63) is 43.5 Å². The van der Waals surface area contributed by atoms with Crippen molar-refractivity contribution in [1.29, 1.82) is 0 Å². The number of halogens is 2. The lowest BCUT2D eigenvalue weighted by Crippen LogP contribution is -2.12. The molecule has 3 rings (SSSR count). The van der Waals surface area contributed by atoms with Gasteiger partial charge < -0.3 is 4.74 Å². The van der Waals surface area contributed by atoms with Gasteiger partial charge in [0, 0.05) is 7.14 Å². The molecule has 0 aliphatic carbocycles. The number of hydrogen-bond acceptors (Lipinski definition) is 3. The molecular formula is C12H6I2O3S. The summed E-state index contributed by atoms with van der Waals surface area (Å²) in [6.45, 7) is 0. The molecule has 6 heteroatoms. The fourth-order valence-electron chi connectivity index (χ4n) is 1.86. The van der Waals surface area contributed by atoms with Crippen LogP contribution in [-0.4, -0.2) is 8.42 Å². The highest BCUT2D eigenvalue weighted by Gasteiger charge is 2.33. The summed E-state index contributed by atoms with van der Waals surface area (Å²) in [5.41, 5.74) is 0. The van der Waals surface area contributed by atoms with E-state index in [4.69, 9.17) is 4.74 Å². The van der Waals surface area contributed by atoms with Crippen LogP contribution < -0.4 is 4.74 Å². The van der Waals surface area contributed by atoms with Crippen LogP contribution in [0.15, 0.2) is 46.2 Å². The van der Waals surface area contributed by atoms with Gasteiger partial charge in [0.2, 0.25) is 9.84 Å². The van der Waals surface area contributed by atoms with E-state index < -0.39 is 9.84 Å². The van der Waals surface area contributed by atoms with Crippen molar-refractivity contribution in [2.45, 2.75) is 9.79 Å². The third-order valence-electron chi connectivity index (χ3n) is 2.60. The van der Waals surface area contributed by atoms with Crippen molar-refractivity contribution in [3.8, 4) is 11.5 Å². The average Bonchev–Trinajstić information content (AvgIpc) is 2.27. The SMILES string of the molecule is O=S1(=O)c2ccccc2Oc2cc(I)cc(I)c21. The Balaban J connectivity index is 2.39. The number of hydrogen-bond donors (Lipinski definition) is 0. The molecule has 92 valence electrons. The Morgan fingerprint density at radius 2 is 1.72 bits per heavy atom. The van der Waals surface area contributed by atoms with Crippen LogP contribution in [-0.2, 0) is 9.84 Å². The van der Waals surface area contributed by atoms with Crippen molar-refractivity contribution in [2.75, 3.05) is 0 Å². The Bertz CT molecular complexity index is 754. The number of para-hydroxylation sites is 1. The van der Waals surface area contributed by atoms with Gasteiger partial charge in [0.25, 0.3) is 0 Å². The first-order valence-corrected chi connectivity index (χ1v) is 8.65. The smallest absolute Gasteiger partial charge is 0.215 e. The molecule has 0 saturated heterocycles. The van der Waals surface area contributed by atoms with Gasteiger partial charge in [-0.2, -0.15) is 0 Å². The van der Waals surface area contributed by atoms with Crippen molar-refractivity contribution in [1.82, 2.24) is 0 Å². The predicted molar refractivity (Wildman–Crippen MR) is 83.8 cm³/mol. The second-order valence-corrected chi connectivity index (χ2v) is 8.03. The molecule has 0 radical (unpaired) electrons. The van der Waals surface area contributed by atoms with Crippen LogP contribution in [0.1, 0.15) is 0 Å². The topological polar surface area (TPSA) is 43.4 Å². The van der Waals surface area contributed by atoms with Crippen LogP contribution in [0, 0.1) is 7.14 Å². The summed E-state index contributed by atoms with van der Waals surface area (Å²) in [5, 5.41) is 0. The Morgan fingerprint density at radius 1 is 1.00 bits per heavy atom. The number of benzene rings is 2. The number of ether oxygens (including phenoxy) is 1. The maximum absolute atomic E-state index is 12.5. The summed E-state index contributed by atoms with van der Waals surface area (Å²) in [6.07, 6.45) is 0. The van der Waals surface area contributed by atoms with Gasteiger partial charge in [-0.3, -0.25) is 0 Å². The Kier molecular flexibility index (Phi) is 3.06. The van der Waals surface area contributed by atoms with Crippen LogP contribution >= 0.6 is 45.2 Å². The summed E-state index contributed by atoms with van der Waals surface area (Å²) in [5.74, 6) is 0.799. The zero-order valence-electron chi connectivity index (χ0n) is 8.85. The van der Waals surface area contributed by atoms with Gasteiger partial charge in [-0.15, -0.1) is 0 Å². The molecule has 0 saturated carbocycles. The lowest BCUT2D eigenvalue weighted by atomic mass is 10.3.